The maximum Gasteiger partial charge on any atom is 0.109 e. The predicted octanol–water partition coefficient (Wildman–Crippen LogP) is 2.62. The molecule has 0 amide bonds. The molecule has 0 aromatic heterocycles. The van der Waals surface area contributed by atoms with Crippen LogP contribution in [0.15, 0.2) is 24.3 Å². The summed E-state index contributed by atoms with van der Waals surface area (Å²) in [6.45, 7) is 4.44. The third-order valence-corrected chi connectivity index (χ3v) is 2.17. The predicted molar refractivity (Wildman–Crippen MR) is 53.6 cm³/mol. The molecule has 1 N–H and O–H groups in total. The van der Waals surface area contributed by atoms with Gasteiger partial charge in [-0.25, -0.2) is 4.39 Å². The van der Waals surface area contributed by atoms with E-state index in [-0.39, 0.29) is 12.7 Å². The van der Waals surface area contributed by atoms with Crippen LogP contribution in [-0.4, -0.2) is 13.2 Å². The Morgan fingerprint density at radius 1 is 1.38 bits per heavy atom. The second kappa shape index (κ2) is 4.97. The summed E-state index contributed by atoms with van der Waals surface area (Å²) in [4.78, 5) is 0. The molecule has 0 aliphatic rings. The van der Waals surface area contributed by atoms with Crippen molar-refractivity contribution < 1.29 is 4.39 Å². The molecule has 1 unspecified atom stereocenters. The number of nitrogens with one attached hydrogen (secondary N) is 1. The highest BCUT2D eigenvalue weighted by atomic mass is 19.1. The van der Waals surface area contributed by atoms with Crippen molar-refractivity contribution >= 4 is 0 Å². The van der Waals surface area contributed by atoms with Crippen LogP contribution in [0.4, 0.5) is 4.39 Å². The Morgan fingerprint density at radius 3 is 2.62 bits per heavy atom. The summed E-state index contributed by atoms with van der Waals surface area (Å²) in [5.41, 5.74) is 2.21. The van der Waals surface area contributed by atoms with Crippen LogP contribution in [0, 0.1) is 6.92 Å². The molecule has 13 heavy (non-hydrogen) atoms. The maximum absolute atomic E-state index is 12.6. The second-order valence-corrected chi connectivity index (χ2v) is 3.12. The molecule has 0 bridgehead atoms. The van der Waals surface area contributed by atoms with Crippen LogP contribution in [-0.2, 0) is 0 Å². The molecule has 72 valence electrons. The van der Waals surface area contributed by atoms with Gasteiger partial charge in [-0.15, -0.1) is 0 Å². The van der Waals surface area contributed by atoms with Crippen molar-refractivity contribution in [2.45, 2.75) is 19.9 Å². The highest BCUT2D eigenvalue weighted by Gasteiger charge is 2.10. The molecule has 1 aromatic rings. The monoisotopic (exact) mass is 181 g/mol. The van der Waals surface area contributed by atoms with Gasteiger partial charge in [0.1, 0.15) is 6.67 Å². The minimum Gasteiger partial charge on any atom is -0.308 e. The van der Waals surface area contributed by atoms with E-state index in [1.807, 2.05) is 38.1 Å². The van der Waals surface area contributed by atoms with Crippen LogP contribution >= 0.6 is 0 Å². The first kappa shape index (κ1) is 10.2. The first-order chi connectivity index (χ1) is 6.29. The molecule has 0 saturated carbocycles. The fourth-order valence-corrected chi connectivity index (χ4v) is 1.47. The highest BCUT2D eigenvalue weighted by Crippen LogP contribution is 2.17. The van der Waals surface area contributed by atoms with Crippen molar-refractivity contribution in [3.05, 3.63) is 35.4 Å². The number of alkyl halides is 1. The van der Waals surface area contributed by atoms with Gasteiger partial charge < -0.3 is 5.32 Å². The Morgan fingerprint density at radius 2 is 2.08 bits per heavy atom. The lowest BCUT2D eigenvalue weighted by Crippen LogP contribution is -2.23. The number of hydrogen-bond acceptors (Lipinski definition) is 1. The van der Waals surface area contributed by atoms with E-state index in [1.165, 1.54) is 0 Å². The molecule has 0 saturated heterocycles. The summed E-state index contributed by atoms with van der Waals surface area (Å²) in [6, 6.07) is 7.76. The highest BCUT2D eigenvalue weighted by molar-refractivity contribution is 5.28. The molecular weight excluding hydrogens is 165 g/mol. The summed E-state index contributed by atoms with van der Waals surface area (Å²) in [6.07, 6.45) is 0. The maximum atomic E-state index is 12.6. The van der Waals surface area contributed by atoms with Gasteiger partial charge in [-0.2, -0.15) is 0 Å². The van der Waals surface area contributed by atoms with Gasteiger partial charge in [0.25, 0.3) is 0 Å². The largest absolute Gasteiger partial charge is 0.308 e. The molecular formula is C11H16FN. The lowest BCUT2D eigenvalue weighted by Gasteiger charge is -2.16. The quantitative estimate of drug-likeness (QED) is 0.753. The zero-order valence-electron chi connectivity index (χ0n) is 8.18. The second-order valence-electron chi connectivity index (χ2n) is 3.12. The number of hydrogen-bond donors (Lipinski definition) is 1. The molecule has 1 aromatic carbocycles. The lowest BCUT2D eigenvalue weighted by atomic mass is 10.0. The van der Waals surface area contributed by atoms with Gasteiger partial charge in [0.2, 0.25) is 0 Å². The zero-order chi connectivity index (χ0) is 9.68. The average molecular weight is 181 g/mol. The minimum absolute atomic E-state index is 0.147. The third kappa shape index (κ3) is 2.52. The standard InChI is InChI=1S/C11H16FN/c1-3-13-11(8-12)10-7-5-4-6-9(10)2/h4-7,11,13H,3,8H2,1-2H3. The van der Waals surface area contributed by atoms with E-state index in [0.29, 0.717) is 0 Å². The van der Waals surface area contributed by atoms with Gasteiger partial charge in [-0.3, -0.25) is 0 Å². The van der Waals surface area contributed by atoms with Crippen LogP contribution in [0.1, 0.15) is 24.1 Å². The Balaban J connectivity index is 2.84. The SMILES string of the molecule is CCNC(CF)c1ccccc1C. The molecule has 0 radical (unpaired) electrons. The molecule has 1 nitrogen and oxygen atoms in total. The fraction of sp³-hybridized carbons (Fsp3) is 0.455. The van der Waals surface area contributed by atoms with E-state index in [9.17, 15) is 4.39 Å². The zero-order valence-corrected chi connectivity index (χ0v) is 8.18. The van der Waals surface area contributed by atoms with Gasteiger partial charge in [0, 0.05) is 0 Å². The third-order valence-electron chi connectivity index (χ3n) is 2.17. The first-order valence-electron chi connectivity index (χ1n) is 4.64. The van der Waals surface area contributed by atoms with E-state index in [1.54, 1.807) is 0 Å². The Labute approximate surface area is 79.0 Å². The summed E-state index contributed by atoms with van der Waals surface area (Å²) >= 11 is 0. The van der Waals surface area contributed by atoms with E-state index >= 15 is 0 Å². The first-order valence-corrected chi connectivity index (χ1v) is 4.64. The van der Waals surface area contributed by atoms with Gasteiger partial charge >= 0.3 is 0 Å². The molecule has 0 spiro atoms. The van der Waals surface area contributed by atoms with Crippen molar-refractivity contribution in [1.82, 2.24) is 5.32 Å². The molecule has 1 rings (SSSR count). The Hall–Kier alpha value is -0.890. The van der Waals surface area contributed by atoms with Crippen LogP contribution in [0.2, 0.25) is 0 Å². The van der Waals surface area contributed by atoms with Crippen molar-refractivity contribution in [3.8, 4) is 0 Å². The van der Waals surface area contributed by atoms with Crippen molar-refractivity contribution in [2.75, 3.05) is 13.2 Å². The normalized spacial score (nSPS) is 12.8. The van der Waals surface area contributed by atoms with Crippen molar-refractivity contribution in [1.29, 1.82) is 0 Å². The number of rotatable bonds is 4. The van der Waals surface area contributed by atoms with E-state index in [4.69, 9.17) is 0 Å². The van der Waals surface area contributed by atoms with Crippen LogP contribution < -0.4 is 5.32 Å². The van der Waals surface area contributed by atoms with E-state index in [2.05, 4.69) is 5.32 Å². The summed E-state index contributed by atoms with van der Waals surface area (Å²) in [5, 5.41) is 3.11. The van der Waals surface area contributed by atoms with Crippen LogP contribution in [0.25, 0.3) is 0 Å². The molecule has 1 atom stereocenters. The smallest absolute Gasteiger partial charge is 0.109 e. The molecule has 0 fully saturated rings. The molecule has 0 aliphatic heterocycles. The number of aryl methyl sites for hydroxylation is 1. The van der Waals surface area contributed by atoms with Crippen LogP contribution in [0.3, 0.4) is 0 Å². The van der Waals surface area contributed by atoms with E-state index in [0.717, 1.165) is 17.7 Å². The van der Waals surface area contributed by atoms with Crippen LogP contribution in [0.5, 0.6) is 0 Å². The molecule has 0 heterocycles. The van der Waals surface area contributed by atoms with Crippen molar-refractivity contribution in [3.63, 3.8) is 0 Å². The summed E-state index contributed by atoms with van der Waals surface area (Å²) in [7, 11) is 0. The van der Waals surface area contributed by atoms with Gasteiger partial charge in [0.15, 0.2) is 0 Å². The van der Waals surface area contributed by atoms with Crippen molar-refractivity contribution in [2.24, 2.45) is 0 Å². The van der Waals surface area contributed by atoms with Gasteiger partial charge in [0.05, 0.1) is 6.04 Å². The topological polar surface area (TPSA) is 12.0 Å². The number of halogens is 1. The minimum atomic E-state index is -0.349. The Kier molecular flexibility index (Phi) is 3.90. The molecule has 0 aliphatic carbocycles. The summed E-state index contributed by atoms with van der Waals surface area (Å²) < 4.78 is 12.6. The fourth-order valence-electron chi connectivity index (χ4n) is 1.47. The lowest BCUT2D eigenvalue weighted by molar-refractivity contribution is 0.386. The van der Waals surface area contributed by atoms with Gasteiger partial charge in [-0.05, 0) is 24.6 Å². The summed E-state index contributed by atoms with van der Waals surface area (Å²) in [5.74, 6) is 0. The number of benzene rings is 1. The Bertz CT molecular complexity index is 260. The molecule has 2 heteroatoms. The van der Waals surface area contributed by atoms with Gasteiger partial charge in [-0.1, -0.05) is 31.2 Å². The average Bonchev–Trinajstić information content (AvgIpc) is 2.16. The van der Waals surface area contributed by atoms with E-state index < -0.39 is 0 Å².